The van der Waals surface area contributed by atoms with Gasteiger partial charge in [0.25, 0.3) is 0 Å². The summed E-state index contributed by atoms with van der Waals surface area (Å²) in [5.41, 5.74) is 0. The van der Waals surface area contributed by atoms with Crippen LogP contribution in [0.15, 0.2) is 0 Å². The third-order valence-electron chi connectivity index (χ3n) is 3.08. The molecule has 0 aromatic rings. The van der Waals surface area contributed by atoms with E-state index < -0.39 is 8.80 Å². The molecule has 0 aromatic heterocycles. The largest absolute Gasteiger partial charge is 0.500 e. The van der Waals surface area contributed by atoms with Crippen LogP contribution in [0, 0.1) is 0 Å². The molecule has 1 atom stereocenters. The number of ketones is 1. The summed E-state index contributed by atoms with van der Waals surface area (Å²) >= 11 is 0. The van der Waals surface area contributed by atoms with Gasteiger partial charge in [0.1, 0.15) is 5.78 Å². The maximum absolute atomic E-state index is 11.7. The molecule has 0 aliphatic heterocycles. The monoisotopic (exact) mass is 440 g/mol. The van der Waals surface area contributed by atoms with E-state index in [2.05, 4.69) is 25.3 Å². The minimum Gasteiger partial charge on any atom is -0.374 e. The Morgan fingerprint density at radius 1 is 0.964 bits per heavy atom. The molecule has 0 aliphatic carbocycles. The quantitative estimate of drug-likeness (QED) is 0.154. The first-order valence-electron chi connectivity index (χ1n) is 9.81. The van der Waals surface area contributed by atoms with Gasteiger partial charge < -0.3 is 34.0 Å². The molecule has 0 bridgehead atoms. The lowest BCUT2D eigenvalue weighted by Gasteiger charge is -2.28. The van der Waals surface area contributed by atoms with E-state index in [4.69, 9.17) is 13.3 Å². The van der Waals surface area contributed by atoms with Crippen LogP contribution >= 0.6 is 9.39 Å². The highest BCUT2D eigenvalue weighted by Gasteiger charge is 2.39. The van der Waals surface area contributed by atoms with E-state index in [-0.39, 0.29) is 11.8 Å². The van der Waals surface area contributed by atoms with Crippen LogP contribution in [0.3, 0.4) is 0 Å². The highest BCUT2D eigenvalue weighted by Crippen LogP contribution is 2.17. The summed E-state index contributed by atoms with van der Waals surface area (Å²) in [4.78, 5) is 21.2. The zero-order valence-corrected chi connectivity index (χ0v) is 20.6. The second-order valence-corrected chi connectivity index (χ2v) is 9.46. The maximum atomic E-state index is 11.7. The maximum Gasteiger partial charge on any atom is 0.500 e. The summed E-state index contributed by atoms with van der Waals surface area (Å²) in [6, 6.07) is 0.541. The first-order valence-corrected chi connectivity index (χ1v) is 12.3. The van der Waals surface area contributed by atoms with Gasteiger partial charge in [-0.15, -0.1) is 0 Å². The van der Waals surface area contributed by atoms with Gasteiger partial charge in [-0.2, -0.15) is 0 Å². The molecule has 0 aromatic carbocycles. The Morgan fingerprint density at radius 2 is 1.43 bits per heavy atom. The normalized spacial score (nSPS) is 11.0. The van der Waals surface area contributed by atoms with Crippen LogP contribution in [-0.4, -0.2) is 78.5 Å². The van der Waals surface area contributed by atoms with Gasteiger partial charge in [0.05, 0.1) is 6.67 Å². The van der Waals surface area contributed by atoms with Gasteiger partial charge >= 0.3 is 14.8 Å². The minimum absolute atomic E-state index is 0.158. The van der Waals surface area contributed by atoms with E-state index in [1.54, 1.807) is 0 Å². The summed E-state index contributed by atoms with van der Waals surface area (Å²) in [5.74, 6) is 0.167. The highest BCUT2D eigenvalue weighted by molar-refractivity contribution is 7.13. The zero-order valence-electron chi connectivity index (χ0n) is 18.4. The molecule has 0 saturated carbocycles. The third kappa shape index (κ3) is 18.7. The molecule has 0 fully saturated rings. The predicted octanol–water partition coefficient (Wildman–Crippen LogP) is 1.59. The lowest BCUT2D eigenvalue weighted by molar-refractivity contribution is -0.115. The van der Waals surface area contributed by atoms with Gasteiger partial charge in [-0.05, 0) is 48.1 Å². The first kappa shape index (κ1) is 29.6. The number of Topliss-reactive ketones (excluding diaryl/α,β-unsaturated/α-hetero) is 1. The van der Waals surface area contributed by atoms with Crippen molar-refractivity contribution >= 4 is 30.0 Å². The van der Waals surface area contributed by atoms with Gasteiger partial charge in [0.15, 0.2) is 0 Å². The van der Waals surface area contributed by atoms with Gasteiger partial charge in [0, 0.05) is 45.5 Å². The van der Waals surface area contributed by atoms with Crippen molar-refractivity contribution < 1.29 is 22.9 Å². The number of nitrogens with zero attached hydrogens (tertiary/aromatic N) is 1. The van der Waals surface area contributed by atoms with Crippen molar-refractivity contribution in [3.05, 3.63) is 0 Å². The number of urea groups is 1. The van der Waals surface area contributed by atoms with Crippen LogP contribution in [0.1, 0.15) is 41.0 Å². The van der Waals surface area contributed by atoms with Crippen molar-refractivity contribution in [2.75, 3.05) is 53.2 Å². The number of hydrogen-bond acceptors (Lipinski definition) is 7. The summed E-state index contributed by atoms with van der Waals surface area (Å²) in [6.45, 7) is 13.2. The van der Waals surface area contributed by atoms with E-state index >= 15 is 0 Å². The van der Waals surface area contributed by atoms with Gasteiger partial charge in [-0.1, -0.05) is 9.39 Å². The lowest BCUT2D eigenvalue weighted by atomic mass is 10.5. The third-order valence-corrected chi connectivity index (χ3v) is 6.68. The van der Waals surface area contributed by atoms with Crippen molar-refractivity contribution in [2.45, 2.75) is 47.1 Å². The Balaban J connectivity index is 0. The molecule has 0 spiro atoms. The molecule has 0 rings (SSSR count). The molecule has 28 heavy (non-hydrogen) atoms. The number of hydrogen-bond donors (Lipinski definition) is 3. The average Bonchev–Trinajstić information content (AvgIpc) is 2.59. The topological polar surface area (TPSA) is 101 Å². The van der Waals surface area contributed by atoms with Crippen molar-refractivity contribution in [2.24, 2.45) is 0 Å². The molecule has 0 radical (unpaired) electrons. The van der Waals surface area contributed by atoms with Gasteiger partial charge in [-0.3, -0.25) is 4.67 Å². The Hall–Kier alpha value is -0.613. The molecule has 0 heterocycles. The summed E-state index contributed by atoms with van der Waals surface area (Å²) in [5, 5.41) is 8.72. The van der Waals surface area contributed by atoms with Crippen molar-refractivity contribution in [3.63, 3.8) is 0 Å². The fourth-order valence-electron chi connectivity index (χ4n) is 2.17. The summed E-state index contributed by atoms with van der Waals surface area (Å²) < 4.78 is 19.4. The lowest BCUT2D eigenvalue weighted by Crippen LogP contribution is -2.46. The second-order valence-electron chi connectivity index (χ2n) is 6.00. The van der Waals surface area contributed by atoms with E-state index in [1.807, 2.05) is 32.5 Å². The van der Waals surface area contributed by atoms with Crippen LogP contribution in [0.25, 0.3) is 0 Å². The standard InChI is InChI=1S/C14H35N4O4PSi.C3H6O/c1-5-20-24(21-6-2,22-7-3)12-8-9-16-14(19)17-10-11-18(23)13-15-4;1-3(2)4/h15H,5-13,23H2,1-4H3,(H2,16,17,19);1-2H3. The number of nitrogens with one attached hydrogen (secondary N) is 3. The Kier molecular flexibility index (Phi) is 20.8. The van der Waals surface area contributed by atoms with E-state index in [0.29, 0.717) is 39.0 Å². The molecule has 11 heteroatoms. The van der Waals surface area contributed by atoms with Crippen LogP contribution in [-0.2, 0) is 18.1 Å². The molecule has 0 aliphatic rings. The van der Waals surface area contributed by atoms with Gasteiger partial charge in [0.2, 0.25) is 0 Å². The SMILES string of the molecule is CC(C)=O.CCO[Si](CCCNC(=O)NCCN(P)CNC)(OCC)OCC. The zero-order chi connectivity index (χ0) is 21.8. The predicted molar refractivity (Wildman–Crippen MR) is 118 cm³/mol. The van der Waals surface area contributed by atoms with E-state index in [9.17, 15) is 9.59 Å². The van der Waals surface area contributed by atoms with Crippen LogP contribution in [0.4, 0.5) is 4.79 Å². The van der Waals surface area contributed by atoms with E-state index in [1.165, 1.54) is 13.8 Å². The summed E-state index contributed by atoms with van der Waals surface area (Å²) in [7, 11) is 1.89. The first-order chi connectivity index (χ1) is 13.3. The second kappa shape index (κ2) is 19.7. The molecule has 3 N–H and O–H groups in total. The van der Waals surface area contributed by atoms with E-state index in [0.717, 1.165) is 19.6 Å². The number of rotatable bonds is 15. The van der Waals surface area contributed by atoms with Gasteiger partial charge in [-0.25, -0.2) is 4.79 Å². The summed E-state index contributed by atoms with van der Waals surface area (Å²) in [6.07, 6.45) is 0.759. The molecule has 1 unspecified atom stereocenters. The molecular weight excluding hydrogens is 399 g/mol. The fourth-order valence-corrected chi connectivity index (χ4v) is 5.09. The van der Waals surface area contributed by atoms with Crippen LogP contribution < -0.4 is 16.0 Å². The molecule has 168 valence electrons. The molecular formula is C17H41N4O5PSi. The Labute approximate surface area is 174 Å². The Bertz CT molecular complexity index is 387. The highest BCUT2D eigenvalue weighted by atomic mass is 31.0. The number of amides is 2. The smallest absolute Gasteiger partial charge is 0.374 e. The van der Waals surface area contributed by atoms with Crippen molar-refractivity contribution in [3.8, 4) is 0 Å². The van der Waals surface area contributed by atoms with Crippen LogP contribution in [0.5, 0.6) is 0 Å². The molecule has 9 nitrogen and oxygen atoms in total. The van der Waals surface area contributed by atoms with Crippen molar-refractivity contribution in [1.29, 1.82) is 0 Å². The van der Waals surface area contributed by atoms with Crippen LogP contribution in [0.2, 0.25) is 6.04 Å². The van der Waals surface area contributed by atoms with Crippen molar-refractivity contribution in [1.82, 2.24) is 20.6 Å². The fraction of sp³-hybridized carbons (Fsp3) is 0.882. The number of carbonyl (C=O) groups excluding carboxylic acids is 2. The molecule has 2 amide bonds. The Morgan fingerprint density at radius 3 is 1.86 bits per heavy atom. The number of carbonyl (C=O) groups is 2. The molecule has 0 saturated heterocycles. The minimum atomic E-state index is -2.61. The average molecular weight is 441 g/mol.